The lowest BCUT2D eigenvalue weighted by molar-refractivity contribution is -0.116. The van der Waals surface area contributed by atoms with E-state index in [-0.39, 0.29) is 18.4 Å². The van der Waals surface area contributed by atoms with Gasteiger partial charge >= 0.3 is 0 Å². The number of fused-ring (bicyclic) bond motifs is 1. The second kappa shape index (κ2) is 10.5. The Kier molecular flexibility index (Phi) is 7.27. The maximum atomic E-state index is 12.7. The summed E-state index contributed by atoms with van der Waals surface area (Å²) in [6, 6.07) is 21.6. The van der Waals surface area contributed by atoms with Gasteiger partial charge in [-0.1, -0.05) is 47.5 Å². The van der Waals surface area contributed by atoms with Crippen LogP contribution in [0.25, 0.3) is 11.0 Å². The van der Waals surface area contributed by atoms with Crippen molar-refractivity contribution in [3.8, 4) is 0 Å². The summed E-state index contributed by atoms with van der Waals surface area (Å²) in [6.07, 6.45) is 1.28. The highest BCUT2D eigenvalue weighted by Crippen LogP contribution is 2.21. The van der Waals surface area contributed by atoms with Crippen molar-refractivity contribution in [2.75, 3.05) is 11.9 Å². The minimum absolute atomic E-state index is 0.109. The highest BCUT2D eigenvalue weighted by molar-refractivity contribution is 6.33. The largest absolute Gasteiger partial charge is 0.352 e. The summed E-state index contributed by atoms with van der Waals surface area (Å²) < 4.78 is 1.91. The number of rotatable bonds is 8. The van der Waals surface area contributed by atoms with Crippen LogP contribution in [-0.4, -0.2) is 27.9 Å². The van der Waals surface area contributed by atoms with E-state index in [9.17, 15) is 9.59 Å². The Balaban J connectivity index is 1.41. The molecule has 1 aromatic heterocycles. The maximum Gasteiger partial charge on any atom is 0.251 e. The number of para-hydroxylation sites is 3. The van der Waals surface area contributed by atoms with Gasteiger partial charge in [0, 0.05) is 23.6 Å². The van der Waals surface area contributed by atoms with Crippen LogP contribution in [-0.2, 0) is 17.8 Å². The zero-order valence-corrected chi connectivity index (χ0v) is 19.2. The molecule has 0 spiro atoms. The van der Waals surface area contributed by atoms with Gasteiger partial charge in [-0.2, -0.15) is 0 Å². The van der Waals surface area contributed by atoms with Crippen LogP contribution in [0.2, 0.25) is 10.0 Å². The topological polar surface area (TPSA) is 76.0 Å². The predicted octanol–water partition coefficient (Wildman–Crippen LogP) is 5.34. The minimum atomic E-state index is -0.191. The van der Waals surface area contributed by atoms with Gasteiger partial charge in [-0.05, 0) is 55.0 Å². The lowest BCUT2D eigenvalue weighted by Crippen LogP contribution is -2.25. The first-order valence-electron chi connectivity index (χ1n) is 10.5. The number of hydrogen-bond acceptors (Lipinski definition) is 3. The fraction of sp³-hybridized carbons (Fsp3) is 0.160. The molecule has 4 aromatic rings. The molecule has 4 rings (SSSR count). The molecule has 0 aliphatic carbocycles. The maximum absolute atomic E-state index is 12.7. The number of aromatic nitrogens is 2. The highest BCUT2D eigenvalue weighted by atomic mass is 35.5. The number of nitrogens with zero attached hydrogens (tertiary/aromatic N) is 2. The monoisotopic (exact) mass is 480 g/mol. The van der Waals surface area contributed by atoms with Gasteiger partial charge in [0.1, 0.15) is 12.4 Å². The number of anilines is 1. The van der Waals surface area contributed by atoms with Crippen molar-refractivity contribution >= 4 is 51.7 Å². The summed E-state index contributed by atoms with van der Waals surface area (Å²) in [5, 5.41) is 6.84. The fourth-order valence-electron chi connectivity index (χ4n) is 3.54. The molecule has 0 atom stereocenters. The van der Waals surface area contributed by atoms with Crippen LogP contribution in [0.3, 0.4) is 0 Å². The Morgan fingerprint density at radius 2 is 1.64 bits per heavy atom. The number of carbonyl (C=O) groups is 2. The average molecular weight is 481 g/mol. The van der Waals surface area contributed by atoms with Gasteiger partial charge in [0.15, 0.2) is 0 Å². The van der Waals surface area contributed by atoms with Crippen LogP contribution in [0.1, 0.15) is 22.6 Å². The van der Waals surface area contributed by atoms with Gasteiger partial charge in [-0.3, -0.25) is 9.59 Å². The highest BCUT2D eigenvalue weighted by Gasteiger charge is 2.14. The molecule has 2 N–H and O–H groups in total. The van der Waals surface area contributed by atoms with Crippen molar-refractivity contribution in [2.24, 2.45) is 0 Å². The van der Waals surface area contributed by atoms with Crippen LogP contribution >= 0.6 is 23.2 Å². The minimum Gasteiger partial charge on any atom is -0.352 e. The van der Waals surface area contributed by atoms with E-state index in [4.69, 9.17) is 28.2 Å². The van der Waals surface area contributed by atoms with Gasteiger partial charge in [-0.25, -0.2) is 4.98 Å². The third-order valence-corrected chi connectivity index (χ3v) is 5.73. The molecule has 0 fully saturated rings. The number of carbonyl (C=O) groups excluding carboxylic acids is 2. The molecule has 0 radical (unpaired) electrons. The number of nitrogens with one attached hydrogen (secondary N) is 2. The molecule has 0 unspecified atom stereocenters. The SMILES string of the molecule is O=C(Cn1c(CCCNC(=O)c2ccc(Cl)cc2)nc2ccccc21)Nc1ccccc1Cl. The van der Waals surface area contributed by atoms with Crippen molar-refractivity contribution in [1.29, 1.82) is 0 Å². The predicted molar refractivity (Wildman–Crippen MR) is 132 cm³/mol. The number of amides is 2. The second-order valence-corrected chi connectivity index (χ2v) is 8.34. The number of imidazole rings is 1. The Morgan fingerprint density at radius 3 is 2.42 bits per heavy atom. The van der Waals surface area contributed by atoms with Crippen LogP contribution in [0, 0.1) is 0 Å². The Labute approximate surface area is 201 Å². The first-order valence-corrected chi connectivity index (χ1v) is 11.3. The molecule has 3 aromatic carbocycles. The van der Waals surface area contributed by atoms with Crippen LogP contribution < -0.4 is 10.6 Å². The molecule has 0 saturated carbocycles. The van der Waals surface area contributed by atoms with Gasteiger partial charge < -0.3 is 15.2 Å². The summed E-state index contributed by atoms with van der Waals surface area (Å²) in [5.74, 6) is 0.439. The summed E-state index contributed by atoms with van der Waals surface area (Å²) in [5.41, 5.74) is 2.83. The standard InChI is InChI=1S/C25H22Cl2N4O2/c26-18-13-11-17(12-14-18)25(33)28-15-5-10-23-29-21-8-3-4-9-22(21)31(23)16-24(32)30-20-7-2-1-6-19(20)27/h1-4,6-9,11-14H,5,10,15-16H2,(H,28,33)(H,30,32). The zero-order chi connectivity index (χ0) is 23.2. The fourth-order valence-corrected chi connectivity index (χ4v) is 3.85. The third-order valence-electron chi connectivity index (χ3n) is 5.15. The molecular formula is C25H22Cl2N4O2. The quantitative estimate of drug-likeness (QED) is 0.334. The molecule has 2 amide bonds. The van der Waals surface area contributed by atoms with Crippen molar-refractivity contribution < 1.29 is 9.59 Å². The first kappa shape index (κ1) is 22.8. The van der Waals surface area contributed by atoms with E-state index >= 15 is 0 Å². The number of hydrogen-bond donors (Lipinski definition) is 2. The van der Waals surface area contributed by atoms with Gasteiger partial charge in [0.05, 0.1) is 21.7 Å². The third kappa shape index (κ3) is 5.72. The molecule has 168 valence electrons. The first-order chi connectivity index (χ1) is 16.0. The Hall–Kier alpha value is -3.35. The van der Waals surface area contributed by atoms with Crippen molar-refractivity contribution in [2.45, 2.75) is 19.4 Å². The van der Waals surface area contributed by atoms with E-state index in [1.165, 1.54) is 0 Å². The molecule has 0 aliphatic heterocycles. The van der Waals surface area contributed by atoms with E-state index in [2.05, 4.69) is 10.6 Å². The van der Waals surface area contributed by atoms with Crippen molar-refractivity contribution in [3.63, 3.8) is 0 Å². The lowest BCUT2D eigenvalue weighted by atomic mass is 10.2. The van der Waals surface area contributed by atoms with Gasteiger partial charge in [0.2, 0.25) is 5.91 Å². The summed E-state index contributed by atoms with van der Waals surface area (Å²) in [7, 11) is 0. The second-order valence-electron chi connectivity index (χ2n) is 7.50. The van der Waals surface area contributed by atoms with Gasteiger partial charge in [-0.15, -0.1) is 0 Å². The molecular weight excluding hydrogens is 459 g/mol. The van der Waals surface area contributed by atoms with E-state index < -0.39 is 0 Å². The van der Waals surface area contributed by atoms with E-state index in [1.807, 2.05) is 41.0 Å². The Bertz CT molecular complexity index is 1290. The Morgan fingerprint density at radius 1 is 0.909 bits per heavy atom. The molecule has 0 saturated heterocycles. The van der Waals surface area contributed by atoms with Gasteiger partial charge in [0.25, 0.3) is 5.91 Å². The van der Waals surface area contributed by atoms with Crippen LogP contribution in [0.4, 0.5) is 5.69 Å². The molecule has 8 heteroatoms. The van der Waals surface area contributed by atoms with Crippen LogP contribution in [0.15, 0.2) is 72.8 Å². The van der Waals surface area contributed by atoms with Crippen molar-refractivity contribution in [3.05, 3.63) is 94.2 Å². The van der Waals surface area contributed by atoms with E-state index in [1.54, 1.807) is 36.4 Å². The molecule has 33 heavy (non-hydrogen) atoms. The molecule has 0 bridgehead atoms. The number of aryl methyl sites for hydroxylation is 1. The summed E-state index contributed by atoms with van der Waals surface area (Å²) >= 11 is 12.0. The van der Waals surface area contributed by atoms with Crippen LogP contribution in [0.5, 0.6) is 0 Å². The lowest BCUT2D eigenvalue weighted by Gasteiger charge is -2.11. The zero-order valence-electron chi connectivity index (χ0n) is 17.7. The summed E-state index contributed by atoms with van der Waals surface area (Å²) in [6.45, 7) is 0.592. The molecule has 1 heterocycles. The van der Waals surface area contributed by atoms with Crippen molar-refractivity contribution in [1.82, 2.24) is 14.9 Å². The number of halogens is 2. The summed E-state index contributed by atoms with van der Waals surface area (Å²) in [4.78, 5) is 29.7. The normalized spacial score (nSPS) is 10.8. The molecule has 0 aliphatic rings. The average Bonchev–Trinajstić information content (AvgIpc) is 3.15. The van der Waals surface area contributed by atoms with E-state index in [0.29, 0.717) is 40.7 Å². The smallest absolute Gasteiger partial charge is 0.251 e. The number of benzene rings is 3. The van der Waals surface area contributed by atoms with E-state index in [0.717, 1.165) is 16.9 Å². The molecule has 6 nitrogen and oxygen atoms in total.